The molecule has 1 aromatic carbocycles. The second kappa shape index (κ2) is 3.67. The first-order valence-electron chi connectivity index (χ1n) is 5.88. The number of aliphatic hydroxyl groups is 1. The van der Waals surface area contributed by atoms with Crippen LogP contribution in [-0.2, 0) is 6.42 Å². The molecule has 2 N–H and O–H groups in total. The molecular formula is C13H17NOS. The number of fused-ring (bicyclic) bond motifs is 1. The van der Waals surface area contributed by atoms with Crippen LogP contribution in [0.4, 0.5) is 5.69 Å². The fourth-order valence-corrected chi connectivity index (χ4v) is 4.17. The topological polar surface area (TPSA) is 32.3 Å². The van der Waals surface area contributed by atoms with Crippen molar-refractivity contribution in [3.05, 3.63) is 29.8 Å². The SMILES string of the molecule is CC1SCCC1(O)C1Cc2ccccc2N1. The Balaban J connectivity index is 1.86. The average molecular weight is 235 g/mol. The molecule has 2 aliphatic heterocycles. The van der Waals surface area contributed by atoms with Gasteiger partial charge in [-0.1, -0.05) is 25.1 Å². The Hall–Kier alpha value is -0.670. The summed E-state index contributed by atoms with van der Waals surface area (Å²) in [6.07, 6.45) is 1.86. The van der Waals surface area contributed by atoms with Gasteiger partial charge in [-0.2, -0.15) is 11.8 Å². The van der Waals surface area contributed by atoms with E-state index in [4.69, 9.17) is 0 Å². The van der Waals surface area contributed by atoms with Crippen LogP contribution in [0.3, 0.4) is 0 Å². The monoisotopic (exact) mass is 235 g/mol. The minimum atomic E-state index is -0.538. The molecule has 1 fully saturated rings. The van der Waals surface area contributed by atoms with Crippen LogP contribution in [0.5, 0.6) is 0 Å². The highest BCUT2D eigenvalue weighted by Crippen LogP contribution is 2.42. The molecule has 0 bridgehead atoms. The summed E-state index contributed by atoms with van der Waals surface area (Å²) in [5.74, 6) is 1.08. The summed E-state index contributed by atoms with van der Waals surface area (Å²) in [6, 6.07) is 8.56. The Morgan fingerprint density at radius 2 is 2.25 bits per heavy atom. The summed E-state index contributed by atoms with van der Waals surface area (Å²) in [4.78, 5) is 0. The molecule has 0 amide bonds. The summed E-state index contributed by atoms with van der Waals surface area (Å²) in [5, 5.41) is 14.6. The van der Waals surface area contributed by atoms with Crippen molar-refractivity contribution in [1.82, 2.24) is 0 Å². The van der Waals surface area contributed by atoms with E-state index in [1.807, 2.05) is 17.8 Å². The van der Waals surface area contributed by atoms with Crippen molar-refractivity contribution in [1.29, 1.82) is 0 Å². The van der Waals surface area contributed by atoms with Gasteiger partial charge in [0.1, 0.15) is 0 Å². The highest BCUT2D eigenvalue weighted by atomic mass is 32.2. The molecule has 0 saturated carbocycles. The van der Waals surface area contributed by atoms with Gasteiger partial charge in [-0.25, -0.2) is 0 Å². The Kier molecular flexibility index (Phi) is 2.41. The van der Waals surface area contributed by atoms with E-state index < -0.39 is 5.60 Å². The normalized spacial score (nSPS) is 37.1. The van der Waals surface area contributed by atoms with Crippen molar-refractivity contribution in [3.63, 3.8) is 0 Å². The second-order valence-electron chi connectivity index (χ2n) is 4.81. The first kappa shape index (κ1) is 10.5. The van der Waals surface area contributed by atoms with E-state index in [2.05, 4.69) is 30.4 Å². The molecule has 3 rings (SSSR count). The number of benzene rings is 1. The molecule has 1 aromatic rings. The van der Waals surface area contributed by atoms with Crippen molar-refractivity contribution < 1.29 is 5.11 Å². The van der Waals surface area contributed by atoms with Crippen LogP contribution in [-0.4, -0.2) is 27.8 Å². The van der Waals surface area contributed by atoms with E-state index in [1.165, 1.54) is 11.3 Å². The third kappa shape index (κ3) is 1.45. The van der Waals surface area contributed by atoms with Gasteiger partial charge in [-0.05, 0) is 30.2 Å². The molecule has 0 aromatic heterocycles. The Bertz CT molecular complexity index is 384. The minimum absolute atomic E-state index is 0.190. The molecule has 2 heterocycles. The number of nitrogens with one attached hydrogen (secondary N) is 1. The van der Waals surface area contributed by atoms with Crippen LogP contribution < -0.4 is 5.32 Å². The van der Waals surface area contributed by atoms with E-state index in [1.54, 1.807) is 0 Å². The van der Waals surface area contributed by atoms with E-state index in [0.717, 1.165) is 18.6 Å². The fraction of sp³-hybridized carbons (Fsp3) is 0.538. The van der Waals surface area contributed by atoms with Crippen molar-refractivity contribution >= 4 is 17.4 Å². The van der Waals surface area contributed by atoms with Gasteiger partial charge in [0.2, 0.25) is 0 Å². The van der Waals surface area contributed by atoms with Gasteiger partial charge in [0.25, 0.3) is 0 Å². The summed E-state index contributed by atoms with van der Waals surface area (Å²) in [6.45, 7) is 2.14. The molecule has 3 unspecified atom stereocenters. The van der Waals surface area contributed by atoms with Crippen molar-refractivity contribution in [2.24, 2.45) is 0 Å². The maximum absolute atomic E-state index is 10.7. The van der Waals surface area contributed by atoms with Gasteiger partial charge in [-0.15, -0.1) is 0 Å². The number of para-hydroxylation sites is 1. The maximum Gasteiger partial charge on any atom is 0.0973 e. The smallest absolute Gasteiger partial charge is 0.0973 e. The van der Waals surface area contributed by atoms with Crippen molar-refractivity contribution in [2.75, 3.05) is 11.1 Å². The molecule has 1 saturated heterocycles. The number of hydrogen-bond donors (Lipinski definition) is 2. The average Bonchev–Trinajstić information content (AvgIpc) is 2.84. The quantitative estimate of drug-likeness (QED) is 0.783. The lowest BCUT2D eigenvalue weighted by molar-refractivity contribution is 0.0282. The Morgan fingerprint density at radius 3 is 2.94 bits per heavy atom. The van der Waals surface area contributed by atoms with Crippen molar-refractivity contribution in [3.8, 4) is 0 Å². The largest absolute Gasteiger partial charge is 0.387 e. The lowest BCUT2D eigenvalue weighted by Crippen LogP contribution is -2.50. The molecule has 0 radical (unpaired) electrons. The number of hydrogen-bond acceptors (Lipinski definition) is 3. The van der Waals surface area contributed by atoms with Gasteiger partial charge in [0.05, 0.1) is 11.6 Å². The second-order valence-corrected chi connectivity index (χ2v) is 6.26. The van der Waals surface area contributed by atoms with Gasteiger partial charge in [-0.3, -0.25) is 0 Å². The highest BCUT2D eigenvalue weighted by molar-refractivity contribution is 8.00. The first-order chi connectivity index (χ1) is 7.70. The van der Waals surface area contributed by atoms with Gasteiger partial charge in [0.15, 0.2) is 0 Å². The number of rotatable bonds is 1. The molecule has 3 heteroatoms. The standard InChI is InChI=1S/C13H17NOS/c1-9-13(15,6-7-16-9)12-8-10-4-2-3-5-11(10)14-12/h2-5,9,12,14-15H,6-8H2,1H3. The lowest BCUT2D eigenvalue weighted by atomic mass is 9.87. The summed E-state index contributed by atoms with van der Waals surface area (Å²) < 4.78 is 0. The maximum atomic E-state index is 10.7. The van der Waals surface area contributed by atoms with Crippen LogP contribution in [0.15, 0.2) is 24.3 Å². The third-order valence-electron chi connectivity index (χ3n) is 3.95. The molecule has 0 spiro atoms. The molecule has 2 aliphatic rings. The predicted octanol–water partition coefficient (Wildman–Crippen LogP) is 2.28. The minimum Gasteiger partial charge on any atom is -0.387 e. The number of anilines is 1. The molecule has 2 nitrogen and oxygen atoms in total. The summed E-state index contributed by atoms with van der Waals surface area (Å²) >= 11 is 1.88. The fourth-order valence-electron chi connectivity index (χ4n) is 2.80. The summed E-state index contributed by atoms with van der Waals surface area (Å²) in [5.41, 5.74) is 2.00. The zero-order chi connectivity index (χ0) is 11.2. The highest BCUT2D eigenvalue weighted by Gasteiger charge is 2.47. The summed E-state index contributed by atoms with van der Waals surface area (Å²) in [7, 11) is 0. The zero-order valence-corrected chi connectivity index (χ0v) is 10.3. The van der Waals surface area contributed by atoms with Crippen LogP contribution in [0.25, 0.3) is 0 Å². The molecular weight excluding hydrogens is 218 g/mol. The lowest BCUT2D eigenvalue weighted by Gasteiger charge is -2.33. The van der Waals surface area contributed by atoms with E-state index >= 15 is 0 Å². The molecule has 0 aliphatic carbocycles. The first-order valence-corrected chi connectivity index (χ1v) is 6.93. The Labute approximate surface area is 100 Å². The van der Waals surface area contributed by atoms with Crippen LogP contribution in [0, 0.1) is 0 Å². The number of thioether (sulfide) groups is 1. The van der Waals surface area contributed by atoms with E-state index in [9.17, 15) is 5.11 Å². The van der Waals surface area contributed by atoms with Gasteiger partial charge >= 0.3 is 0 Å². The predicted molar refractivity (Wildman–Crippen MR) is 69.0 cm³/mol. The van der Waals surface area contributed by atoms with Crippen LogP contribution >= 0.6 is 11.8 Å². The van der Waals surface area contributed by atoms with E-state index in [-0.39, 0.29) is 6.04 Å². The molecule has 16 heavy (non-hydrogen) atoms. The van der Waals surface area contributed by atoms with Gasteiger partial charge in [0, 0.05) is 10.9 Å². The van der Waals surface area contributed by atoms with Crippen LogP contribution in [0.2, 0.25) is 0 Å². The van der Waals surface area contributed by atoms with Gasteiger partial charge < -0.3 is 10.4 Å². The Morgan fingerprint density at radius 1 is 1.44 bits per heavy atom. The van der Waals surface area contributed by atoms with Crippen LogP contribution in [0.1, 0.15) is 18.9 Å². The molecule has 3 atom stereocenters. The molecule has 86 valence electrons. The van der Waals surface area contributed by atoms with E-state index in [0.29, 0.717) is 5.25 Å². The third-order valence-corrected chi connectivity index (χ3v) is 5.30. The van der Waals surface area contributed by atoms with Crippen molar-refractivity contribution in [2.45, 2.75) is 36.7 Å². The zero-order valence-electron chi connectivity index (χ0n) is 9.44.